The monoisotopic (exact) mass is 2090 g/mol. The van der Waals surface area contributed by atoms with Crippen molar-refractivity contribution in [3.05, 3.63) is 277 Å². The van der Waals surface area contributed by atoms with E-state index in [-0.39, 0.29) is 105 Å². The minimum atomic E-state index is -0.871. The molecule has 12 heterocycles. The van der Waals surface area contributed by atoms with E-state index in [1.54, 1.807) is 96.6 Å². The van der Waals surface area contributed by atoms with Gasteiger partial charge in [-0.25, -0.2) is 52.5 Å². The van der Waals surface area contributed by atoms with E-state index in [2.05, 4.69) is 61.5 Å². The molecule has 3 aromatic heterocycles. The van der Waals surface area contributed by atoms with E-state index in [9.17, 15) is 57.0 Å². The van der Waals surface area contributed by atoms with Gasteiger partial charge < -0.3 is 74.8 Å². The number of amides is 6. The number of nitrogens with one attached hydrogen (secondary N) is 3. The summed E-state index contributed by atoms with van der Waals surface area (Å²) in [6, 6.07) is 34.1. The number of esters is 3. The van der Waals surface area contributed by atoms with E-state index >= 15 is 0 Å². The Morgan fingerprint density at radius 2 is 0.860 bits per heavy atom. The highest BCUT2D eigenvalue weighted by Gasteiger charge is 2.52. The van der Waals surface area contributed by atoms with E-state index in [4.69, 9.17) is 65.6 Å². The first-order valence-corrected chi connectivity index (χ1v) is 50.2. The molecule has 9 aliphatic rings. The highest BCUT2D eigenvalue weighted by molar-refractivity contribution is 9.10. The molecule has 0 aliphatic carbocycles. The number of aliphatic hydroxyl groups is 1. The number of aryl methyl sites for hydroxylation is 3. The third kappa shape index (κ3) is 23.1. The second-order valence-electron chi connectivity index (χ2n) is 34.9. The minimum absolute atomic E-state index is 0.0220. The van der Waals surface area contributed by atoms with Crippen LogP contribution >= 0.6 is 61.5 Å². The van der Waals surface area contributed by atoms with Crippen molar-refractivity contribution in [3.8, 4) is 0 Å². The van der Waals surface area contributed by atoms with E-state index in [0.717, 1.165) is 33.6 Å². The number of piperazine rings is 3. The van der Waals surface area contributed by atoms with Crippen molar-refractivity contribution in [1.29, 1.82) is 0 Å². The fraction of sp³-hybridized carbons (Fsp3) is 0.370. The van der Waals surface area contributed by atoms with Crippen LogP contribution in [0.3, 0.4) is 0 Å². The van der Waals surface area contributed by atoms with Crippen LogP contribution in [-0.4, -0.2) is 306 Å². The number of aliphatic hydroxyl groups excluding tert-OH is 1. The average molecular weight is 2100 g/mol. The Hall–Kier alpha value is -13.1. The topological polar surface area (TPSA) is 422 Å². The summed E-state index contributed by atoms with van der Waals surface area (Å²) < 4.78 is 56.9. The lowest BCUT2D eigenvalue weighted by atomic mass is 9.91. The van der Waals surface area contributed by atoms with Crippen LogP contribution in [0.4, 0.5) is 40.2 Å². The summed E-state index contributed by atoms with van der Waals surface area (Å²) in [4.78, 5) is 160. The van der Waals surface area contributed by atoms with Crippen molar-refractivity contribution in [1.82, 2.24) is 60.3 Å². The van der Waals surface area contributed by atoms with Crippen molar-refractivity contribution in [2.75, 3.05) is 148 Å². The number of carbonyl (C=O) groups is 9. The second-order valence-corrected chi connectivity index (χ2v) is 38.9. The predicted molar refractivity (Wildman–Crippen MR) is 536 cm³/mol. The number of anilines is 3. The summed E-state index contributed by atoms with van der Waals surface area (Å²) >= 11 is 13.9. The van der Waals surface area contributed by atoms with Crippen molar-refractivity contribution in [3.63, 3.8) is 0 Å². The number of rotatable bonds is 33. The van der Waals surface area contributed by atoms with Gasteiger partial charge in [0.05, 0.1) is 93.6 Å². The van der Waals surface area contributed by atoms with Gasteiger partial charge >= 0.3 is 53.9 Å². The molecule has 6 aromatic carbocycles. The highest BCUT2D eigenvalue weighted by atomic mass is 79.9. The number of nitrogens with zero attached hydrogens (tertiary/aromatic N) is 15. The third-order valence-corrected chi connectivity index (χ3v) is 29.8. The van der Waals surface area contributed by atoms with E-state index < -0.39 is 71.6 Å². The first-order valence-electron chi connectivity index (χ1n) is 46.3. The third-order valence-electron chi connectivity index (χ3n) is 26.6. The number of methoxy groups -OCH3 is 4. The first-order chi connectivity index (χ1) is 69.1. The highest BCUT2D eigenvalue weighted by Crippen LogP contribution is 2.43. The molecule has 7 N–H and O–H groups in total. The number of aliphatic imine (C=N–C) groups is 3. The van der Waals surface area contributed by atoms with Crippen LogP contribution in [0.2, 0.25) is 5.02 Å². The van der Waals surface area contributed by atoms with E-state index in [1.165, 1.54) is 66.4 Å². The molecular formula is C100H106BrClF2N18O18S3. The number of thiazole rings is 3. The lowest BCUT2D eigenvalue weighted by Gasteiger charge is -2.44. The number of carboxylic acids is 3. The Morgan fingerprint density at radius 3 is 1.22 bits per heavy atom. The van der Waals surface area contributed by atoms with Crippen LogP contribution in [0.25, 0.3) is 0 Å². The number of aromatic nitrogens is 3. The largest absolute Gasteiger partial charge is 0.481 e. The summed E-state index contributed by atoms with van der Waals surface area (Å²) in [5, 5.41) is 55.9. The molecule has 9 aliphatic heterocycles. The van der Waals surface area contributed by atoms with Gasteiger partial charge in [-0.05, 0) is 139 Å². The fourth-order valence-electron chi connectivity index (χ4n) is 19.5. The lowest BCUT2D eigenvalue weighted by molar-refractivity contribution is -0.139. The van der Waals surface area contributed by atoms with Crippen molar-refractivity contribution >= 4 is 150 Å². The van der Waals surface area contributed by atoms with Crippen molar-refractivity contribution in [2.24, 2.45) is 15.0 Å². The zero-order valence-corrected chi connectivity index (χ0v) is 83.7. The second kappa shape index (κ2) is 46.5. The molecule has 0 spiro atoms. The van der Waals surface area contributed by atoms with Gasteiger partial charge in [0.2, 0.25) is 0 Å². The van der Waals surface area contributed by atoms with Gasteiger partial charge in [-0.3, -0.25) is 58.8 Å². The number of carboxylic acid groups (broad SMARTS) is 3. The molecule has 36 nitrogen and oxygen atoms in total. The molecule has 0 unspecified atom stereocenters. The molecule has 6 fully saturated rings. The number of benzene rings is 6. The molecular weight excluding hydrogens is 1990 g/mol. The zero-order chi connectivity index (χ0) is 101. The Labute approximate surface area is 847 Å². The van der Waals surface area contributed by atoms with Crippen molar-refractivity contribution in [2.45, 2.75) is 107 Å². The molecule has 143 heavy (non-hydrogen) atoms. The van der Waals surface area contributed by atoms with E-state index in [0.29, 0.717) is 185 Å². The number of urea groups is 3. The van der Waals surface area contributed by atoms with Gasteiger partial charge in [0.1, 0.15) is 29.8 Å². The number of hydrogen-bond acceptors (Lipinski definition) is 30. The maximum Gasteiger partial charge on any atom is 0.338 e. The smallest absolute Gasteiger partial charge is 0.338 e. The van der Waals surface area contributed by atoms with Gasteiger partial charge in [-0.2, -0.15) is 0 Å². The van der Waals surface area contributed by atoms with E-state index in [1.807, 2.05) is 111 Å². The molecule has 9 aromatic rings. The van der Waals surface area contributed by atoms with Crippen LogP contribution in [-0.2, 0) is 71.7 Å². The predicted octanol–water partition coefficient (Wildman–Crippen LogP) is 11.7. The number of ether oxygens (including phenoxy) is 5. The van der Waals surface area contributed by atoms with Gasteiger partial charge in [-0.1, -0.05) is 94.3 Å². The summed E-state index contributed by atoms with van der Waals surface area (Å²) in [7, 11) is 5.93. The molecule has 6 amide bonds. The number of hydrogen-bond donors (Lipinski definition) is 7. The summed E-state index contributed by atoms with van der Waals surface area (Å²) in [6.07, 6.45) is 6.38. The molecule has 6 saturated heterocycles. The maximum absolute atomic E-state index is 14.8. The number of carbonyl (C=O) groups excluding carboxylic acids is 6. The van der Waals surface area contributed by atoms with Crippen LogP contribution in [0.15, 0.2) is 221 Å². The Balaban J connectivity index is 0.000000154. The minimum Gasteiger partial charge on any atom is -0.481 e. The molecule has 9 atom stereocenters. The van der Waals surface area contributed by atoms with Gasteiger partial charge in [0, 0.05) is 190 Å². The Kier molecular flexibility index (Phi) is 33.4. The molecule has 43 heteroatoms. The molecule has 0 radical (unpaired) electrons. The molecule has 0 bridgehead atoms. The fourth-order valence-corrected chi connectivity index (χ4v) is 21.9. The summed E-state index contributed by atoms with van der Waals surface area (Å²) in [5.74, 6) is -3.59. The lowest BCUT2D eigenvalue weighted by Crippen LogP contribution is -2.61. The van der Waals surface area contributed by atoms with Gasteiger partial charge in [0.25, 0.3) is 0 Å². The molecule has 0 saturated carbocycles. The summed E-state index contributed by atoms with van der Waals surface area (Å²) in [5.41, 5.74) is 9.76. The van der Waals surface area contributed by atoms with Crippen LogP contribution in [0.1, 0.15) is 98.3 Å². The number of aliphatic carboxylic acids is 3. The molecule has 18 rings (SSSR count). The van der Waals surface area contributed by atoms with Crippen LogP contribution in [0, 0.1) is 18.6 Å². The quantitative estimate of drug-likeness (QED) is 0.0148. The van der Waals surface area contributed by atoms with Crippen LogP contribution < -0.4 is 30.7 Å². The normalized spacial score (nSPS) is 21.3. The zero-order valence-electron chi connectivity index (χ0n) is 78.9. The van der Waals surface area contributed by atoms with Gasteiger partial charge in [0.15, 0.2) is 32.5 Å². The Morgan fingerprint density at radius 1 is 0.483 bits per heavy atom. The number of amidine groups is 3. The SMILES string of the molecule is CCOC(=O)C1=C(CN2CCN3C(=O)N(c4ccc(CCC(=O)O)cc4)C[C@@H]3[C@H]2CO)NC(c2nccs2)=N[C@H]1c1ccc(F)cc1Br.COC[C@@H]1[C@H]2CN(c3ccc(CCC(=O)O)cc3)C(=O)N2CCN1CC1=C(C(=O)OC)[C@H](c2ccc(Cl)cc2)N=C(c2nccs2)N1.COC[C@@H]1[C@H]2CN(c3ccc(CCC(=O)O)cc3)C(=O)N2CCN1CC1=C(C(=O)OC)[C@H](c2cccc(F)c2C)N=C(c2nccs2)N1. The van der Waals surface area contributed by atoms with Crippen LogP contribution in [0.5, 0.6) is 0 Å². The molecule has 750 valence electrons. The summed E-state index contributed by atoms with van der Waals surface area (Å²) in [6.45, 7) is 8.85. The first kappa shape index (κ1) is 103. The maximum atomic E-state index is 14.8. The van der Waals surface area contributed by atoms with Crippen molar-refractivity contribution < 1.29 is 96.0 Å². The van der Waals surface area contributed by atoms with Gasteiger partial charge in [-0.15, -0.1) is 34.0 Å². The number of halogens is 4. The standard InChI is InChI=1S/C34H37FN6O6S.C33H34BrFN6O6S.C33H35ClN6O6S/c1-20-23(5-4-6-24(20)35)30-29(33(44)47-3)25(37-31(38-30)32-36-13-16-48-32)17-39-14-15-40-26(27(39)19-46-2)18-41(34(40)45)22-10-7-21(8-11-22)9-12-28(42)43;1-2-47-32(45)28-24(37-30(31-36-11-14-48-31)38-29(28)22-9-6-20(35)15-23(22)34)16-39-12-13-40-25(26(39)18-42)17-41(33(40)46)21-7-3-19(4-8-21)5-10-27(43)44;1-45-19-26-25-18-40(23-10-3-20(4-11-23)5-12-27(41)42)33(44)39(25)15-14-38(26)17-24-28(32(43)46-2)29(21-6-8-22(34)9-7-21)37-30(36-24)31-35-13-16-47-31/h4-8,10-11,13,16,26-27,30H,9,12,14-15,17-19H2,1-3H3,(H,37,38)(H,42,43);3-4,6-9,11,14-15,25-26,29,42H,2,5,10,12-13,16-18H2,1H3,(H,37,38)(H,43,44);3-4,6-11,13,16,25-26,29H,5,12,14-15,17-19H2,1-2H3,(H,36,37)(H,41,42)/t26-,27-,30+;2*25-,26-,29+/m111/s1. The number of fused-ring (bicyclic) bond motifs is 3. The average Bonchev–Trinajstić information content (AvgIpc) is 1.67. The Bertz CT molecular complexity index is 6390.